The van der Waals surface area contributed by atoms with Gasteiger partial charge in [-0.1, -0.05) is 5.18 Å². The van der Waals surface area contributed by atoms with Gasteiger partial charge < -0.3 is 26.2 Å². The highest BCUT2D eigenvalue weighted by Crippen LogP contribution is 2.33. The van der Waals surface area contributed by atoms with E-state index < -0.39 is 36.1 Å². The Morgan fingerprint density at radius 2 is 1.95 bits per heavy atom. The van der Waals surface area contributed by atoms with Crippen LogP contribution in [0.5, 0.6) is 0 Å². The van der Waals surface area contributed by atoms with Crippen molar-refractivity contribution in [2.75, 3.05) is 63.1 Å². The molecule has 4 rings (SSSR count). The molecule has 5 N–H and O–H groups in total. The van der Waals surface area contributed by atoms with Gasteiger partial charge in [-0.05, 0) is 26.8 Å². The summed E-state index contributed by atoms with van der Waals surface area (Å²) in [6, 6.07) is 0.248. The van der Waals surface area contributed by atoms with E-state index in [9.17, 15) is 18.9 Å². The fourth-order valence-corrected chi connectivity index (χ4v) is 5.64. The molecule has 14 heteroatoms. The first kappa shape index (κ1) is 28.2. The second-order valence-corrected chi connectivity index (χ2v) is 10.4. The fraction of sp³-hybridized carbons (Fsp3) is 0.708. The summed E-state index contributed by atoms with van der Waals surface area (Å²) in [6.45, 7) is 5.06. The Bertz CT molecular complexity index is 1010. The predicted octanol–water partition coefficient (Wildman–Crippen LogP) is 0.0625. The van der Waals surface area contributed by atoms with E-state index in [1.54, 1.807) is 16.8 Å². The second-order valence-electron chi connectivity index (χ2n) is 10.4. The number of nitrogens with zero attached hydrogens (tertiary/aromatic N) is 5. The monoisotopic (exact) mass is 537 g/mol. The van der Waals surface area contributed by atoms with Crippen LogP contribution in [-0.2, 0) is 9.59 Å². The van der Waals surface area contributed by atoms with E-state index in [1.165, 1.54) is 6.20 Å². The number of piperazine rings is 1. The first-order valence-corrected chi connectivity index (χ1v) is 13.1. The van der Waals surface area contributed by atoms with Crippen LogP contribution in [-0.4, -0.2) is 104 Å². The van der Waals surface area contributed by atoms with E-state index in [1.807, 2.05) is 11.8 Å². The van der Waals surface area contributed by atoms with Crippen molar-refractivity contribution >= 4 is 23.2 Å². The zero-order valence-corrected chi connectivity index (χ0v) is 21.8. The Kier molecular flexibility index (Phi) is 9.18. The summed E-state index contributed by atoms with van der Waals surface area (Å²) < 4.78 is 28.9. The highest BCUT2D eigenvalue weighted by Gasteiger charge is 2.40. The predicted molar refractivity (Wildman–Crippen MR) is 138 cm³/mol. The zero-order chi connectivity index (χ0) is 27.4. The quantitative estimate of drug-likeness (QED) is 0.355. The maximum Gasteiger partial charge on any atom is 0.234 e. The molecule has 1 aromatic rings. The molecule has 3 aliphatic rings. The number of anilines is 2. The minimum Gasteiger partial charge on any atom is -0.367 e. The highest BCUT2D eigenvalue weighted by molar-refractivity contribution is 5.96. The summed E-state index contributed by atoms with van der Waals surface area (Å²) in [7, 11) is 1.61. The largest absolute Gasteiger partial charge is 0.367 e. The van der Waals surface area contributed by atoms with E-state index in [-0.39, 0.29) is 42.3 Å². The van der Waals surface area contributed by atoms with Gasteiger partial charge in [0.05, 0.1) is 24.2 Å². The number of hydrogen-bond donors (Lipinski definition) is 4. The number of hydrogen-bond acceptors (Lipinski definition) is 10. The lowest BCUT2D eigenvalue weighted by atomic mass is 9.94. The number of aromatic nitrogens is 1. The SMILES string of the molecule is C[C@H]1CN(C(=O)C2CCN(c3c(F)cncc3NC(=O)C(C(N)N=O)C3NCC(F)CN3C)CC2)CCN1. The lowest BCUT2D eigenvalue weighted by Gasteiger charge is -2.40. The molecule has 0 bridgehead atoms. The van der Waals surface area contributed by atoms with Crippen molar-refractivity contribution in [3.8, 4) is 0 Å². The van der Waals surface area contributed by atoms with E-state index in [2.05, 4.69) is 26.1 Å². The average Bonchev–Trinajstić information content (AvgIpc) is 2.90. The molecular formula is C24H37F2N9O3. The standard InChI is InChI=1S/C24H37F2N9O3/c1-14-12-35(8-5-29-14)24(37)15-3-6-34(7-4-15)20-17(26)10-28-11-18(20)31-23(36)19(21(27)32-38)22-30-9-16(25)13-33(22)2/h10-11,14-16,19,21-22,29-30H,3-9,12-13,27H2,1-2H3,(H,31,36)/t14-,16?,19?,21?,22?/m0/s1. The summed E-state index contributed by atoms with van der Waals surface area (Å²) in [5.41, 5.74) is 6.17. The van der Waals surface area contributed by atoms with Crippen LogP contribution in [0.4, 0.5) is 20.2 Å². The zero-order valence-electron chi connectivity index (χ0n) is 21.8. The van der Waals surface area contributed by atoms with Gasteiger partial charge in [0.15, 0.2) is 12.0 Å². The van der Waals surface area contributed by atoms with Crippen LogP contribution >= 0.6 is 0 Å². The van der Waals surface area contributed by atoms with Crippen molar-refractivity contribution in [1.29, 1.82) is 0 Å². The molecule has 0 saturated carbocycles. The normalized spacial score (nSPS) is 27.0. The van der Waals surface area contributed by atoms with Crippen LogP contribution in [0.25, 0.3) is 0 Å². The highest BCUT2D eigenvalue weighted by atomic mass is 19.1. The molecule has 3 saturated heterocycles. The molecule has 210 valence electrons. The van der Waals surface area contributed by atoms with Crippen LogP contribution in [0.1, 0.15) is 19.8 Å². The van der Waals surface area contributed by atoms with Crippen LogP contribution in [0.15, 0.2) is 17.6 Å². The van der Waals surface area contributed by atoms with Crippen molar-refractivity contribution < 1.29 is 18.4 Å². The smallest absolute Gasteiger partial charge is 0.234 e. The number of nitroso groups, excluding NO2 is 1. The number of carbonyl (C=O) groups excluding carboxylic acids is 2. The number of rotatable bonds is 7. The minimum atomic E-state index is -1.41. The average molecular weight is 538 g/mol. The molecule has 5 atom stereocenters. The number of alkyl halides is 1. The van der Waals surface area contributed by atoms with Gasteiger partial charge in [0.1, 0.15) is 17.8 Å². The number of pyridine rings is 1. The van der Waals surface area contributed by atoms with Gasteiger partial charge in [-0.25, -0.2) is 8.78 Å². The number of amides is 2. The molecule has 1 aromatic heterocycles. The van der Waals surface area contributed by atoms with E-state index >= 15 is 4.39 Å². The van der Waals surface area contributed by atoms with Gasteiger partial charge in [-0.2, -0.15) is 0 Å². The van der Waals surface area contributed by atoms with Gasteiger partial charge in [-0.3, -0.25) is 24.8 Å². The maximum absolute atomic E-state index is 15.1. The molecule has 2 amide bonds. The molecule has 4 unspecified atom stereocenters. The lowest BCUT2D eigenvalue weighted by molar-refractivity contribution is -0.137. The topological polar surface area (TPSA) is 148 Å². The first-order valence-electron chi connectivity index (χ1n) is 13.1. The number of piperidine rings is 1. The van der Waals surface area contributed by atoms with Crippen molar-refractivity contribution in [3.63, 3.8) is 0 Å². The van der Waals surface area contributed by atoms with E-state index in [4.69, 9.17) is 5.73 Å². The van der Waals surface area contributed by atoms with Crippen molar-refractivity contribution in [1.82, 2.24) is 25.4 Å². The molecule has 0 spiro atoms. The Labute approximate surface area is 220 Å². The van der Waals surface area contributed by atoms with Gasteiger partial charge in [0.25, 0.3) is 0 Å². The Morgan fingerprint density at radius 3 is 2.61 bits per heavy atom. The minimum absolute atomic E-state index is 0.00233. The summed E-state index contributed by atoms with van der Waals surface area (Å²) in [4.78, 5) is 46.9. The molecule has 3 fully saturated rings. The molecule has 0 radical (unpaired) electrons. The third kappa shape index (κ3) is 6.25. The van der Waals surface area contributed by atoms with Crippen LogP contribution in [0, 0.1) is 22.6 Å². The molecule has 38 heavy (non-hydrogen) atoms. The molecule has 3 aliphatic heterocycles. The fourth-order valence-electron chi connectivity index (χ4n) is 5.64. The third-order valence-corrected chi connectivity index (χ3v) is 7.61. The molecular weight excluding hydrogens is 500 g/mol. The van der Waals surface area contributed by atoms with Gasteiger partial charge in [-0.15, -0.1) is 4.91 Å². The number of nitrogens with one attached hydrogen (secondary N) is 3. The van der Waals surface area contributed by atoms with E-state index in [0.717, 1.165) is 12.7 Å². The van der Waals surface area contributed by atoms with Crippen LogP contribution < -0.4 is 26.6 Å². The summed E-state index contributed by atoms with van der Waals surface area (Å²) in [6.07, 6.45) is 0.219. The van der Waals surface area contributed by atoms with Gasteiger partial charge >= 0.3 is 0 Å². The molecule has 12 nitrogen and oxygen atoms in total. The second kappa shape index (κ2) is 12.4. The van der Waals surface area contributed by atoms with Crippen molar-refractivity contribution in [3.05, 3.63) is 23.1 Å². The lowest BCUT2D eigenvalue weighted by Crippen LogP contribution is -2.62. The van der Waals surface area contributed by atoms with Crippen molar-refractivity contribution in [2.24, 2.45) is 22.7 Å². The number of nitrogens with two attached hydrogens (primary N) is 1. The maximum atomic E-state index is 15.1. The molecule has 0 aliphatic carbocycles. The Morgan fingerprint density at radius 1 is 1.21 bits per heavy atom. The Hall–Kier alpha value is -2.81. The molecule has 0 aromatic carbocycles. The van der Waals surface area contributed by atoms with Crippen LogP contribution in [0.3, 0.4) is 0 Å². The van der Waals surface area contributed by atoms with Crippen LogP contribution in [0.2, 0.25) is 0 Å². The summed E-state index contributed by atoms with van der Waals surface area (Å²) in [5, 5.41) is 11.8. The van der Waals surface area contributed by atoms with E-state index in [0.29, 0.717) is 39.0 Å². The molecule has 4 heterocycles. The Balaban J connectivity index is 1.46. The third-order valence-electron chi connectivity index (χ3n) is 7.61. The summed E-state index contributed by atoms with van der Waals surface area (Å²) in [5.74, 6) is -2.46. The first-order chi connectivity index (χ1) is 18.2. The number of halogens is 2. The van der Waals surface area contributed by atoms with Crippen molar-refractivity contribution in [2.45, 2.75) is 44.3 Å². The van der Waals surface area contributed by atoms with Gasteiger partial charge in [0, 0.05) is 57.8 Å². The summed E-state index contributed by atoms with van der Waals surface area (Å²) >= 11 is 0. The van der Waals surface area contributed by atoms with Gasteiger partial charge in [0.2, 0.25) is 11.8 Å². The number of carbonyl (C=O) groups is 2.